The first-order valence-corrected chi connectivity index (χ1v) is 7.85. The van der Waals surface area contributed by atoms with Crippen molar-refractivity contribution in [2.45, 2.75) is 18.9 Å². The van der Waals surface area contributed by atoms with Crippen LogP contribution >= 0.6 is 0 Å². The number of amides is 2. The van der Waals surface area contributed by atoms with Crippen LogP contribution in [0.15, 0.2) is 30.3 Å². The minimum absolute atomic E-state index is 0.300. The Morgan fingerprint density at radius 1 is 1.38 bits per heavy atom. The second-order valence-corrected chi connectivity index (χ2v) is 6.07. The van der Waals surface area contributed by atoms with Crippen LogP contribution in [0.5, 0.6) is 0 Å². The number of carbonyl (C=O) groups is 2. The van der Waals surface area contributed by atoms with Crippen molar-refractivity contribution >= 4 is 28.5 Å². The largest absolute Gasteiger partial charge is 0.363 e. The third-order valence-electron chi connectivity index (χ3n) is 4.13. The Hall–Kier alpha value is -2.67. The topological polar surface area (TPSA) is 85.8 Å². The SMILES string of the molecule is CN(C)c1cc(C(=O)NC2CCCN(O)C2=O)c2ccccc2n1. The predicted molar refractivity (Wildman–Crippen MR) is 90.1 cm³/mol. The van der Waals surface area contributed by atoms with Gasteiger partial charge in [-0.3, -0.25) is 14.8 Å². The maximum Gasteiger partial charge on any atom is 0.268 e. The Morgan fingerprint density at radius 2 is 2.12 bits per heavy atom. The van der Waals surface area contributed by atoms with E-state index in [1.54, 1.807) is 6.07 Å². The molecule has 2 heterocycles. The molecule has 7 nitrogen and oxygen atoms in total. The van der Waals surface area contributed by atoms with Crippen LogP contribution in [0.2, 0.25) is 0 Å². The number of para-hydroxylation sites is 1. The van der Waals surface area contributed by atoms with Crippen LogP contribution in [-0.4, -0.2) is 53.8 Å². The van der Waals surface area contributed by atoms with Gasteiger partial charge >= 0.3 is 0 Å². The molecular weight excluding hydrogens is 308 g/mol. The minimum atomic E-state index is -0.703. The molecule has 0 aliphatic carbocycles. The Bertz CT molecular complexity index is 790. The van der Waals surface area contributed by atoms with Gasteiger partial charge in [0.05, 0.1) is 11.1 Å². The van der Waals surface area contributed by atoms with Crippen molar-refractivity contribution in [1.29, 1.82) is 0 Å². The van der Waals surface area contributed by atoms with Crippen LogP contribution in [0.1, 0.15) is 23.2 Å². The second-order valence-electron chi connectivity index (χ2n) is 6.07. The standard InChI is InChI=1S/C17H20N4O3/c1-20(2)15-10-12(11-6-3-4-7-13(11)18-15)16(22)19-14-8-5-9-21(24)17(14)23/h3-4,6-7,10,14,24H,5,8-9H2,1-2H3,(H,19,22). The number of fused-ring (bicyclic) bond motifs is 1. The molecule has 0 radical (unpaired) electrons. The van der Waals surface area contributed by atoms with Gasteiger partial charge in [0.25, 0.3) is 11.8 Å². The van der Waals surface area contributed by atoms with Crippen LogP contribution in [0.25, 0.3) is 10.9 Å². The fourth-order valence-electron chi connectivity index (χ4n) is 2.81. The van der Waals surface area contributed by atoms with Gasteiger partial charge < -0.3 is 10.2 Å². The lowest BCUT2D eigenvalue weighted by atomic mass is 10.0. The Labute approximate surface area is 139 Å². The van der Waals surface area contributed by atoms with Crippen LogP contribution in [-0.2, 0) is 4.79 Å². The molecule has 126 valence electrons. The van der Waals surface area contributed by atoms with E-state index in [0.717, 1.165) is 5.39 Å². The summed E-state index contributed by atoms with van der Waals surface area (Å²) in [7, 11) is 3.71. The van der Waals surface area contributed by atoms with E-state index < -0.39 is 11.9 Å². The maximum atomic E-state index is 12.7. The van der Waals surface area contributed by atoms with Crippen molar-refractivity contribution in [2.75, 3.05) is 25.5 Å². The summed E-state index contributed by atoms with van der Waals surface area (Å²) in [5, 5.41) is 13.7. The summed E-state index contributed by atoms with van der Waals surface area (Å²) in [4.78, 5) is 31.1. The lowest BCUT2D eigenvalue weighted by Crippen LogP contribution is -2.51. The molecule has 3 rings (SSSR count). The highest BCUT2D eigenvalue weighted by atomic mass is 16.5. The number of nitrogens with one attached hydrogen (secondary N) is 1. The summed E-state index contributed by atoms with van der Waals surface area (Å²) >= 11 is 0. The van der Waals surface area contributed by atoms with Crippen molar-refractivity contribution in [3.63, 3.8) is 0 Å². The summed E-state index contributed by atoms with van der Waals surface area (Å²) in [5.74, 6) is -0.149. The third kappa shape index (κ3) is 3.03. The van der Waals surface area contributed by atoms with Crippen molar-refractivity contribution in [1.82, 2.24) is 15.4 Å². The number of anilines is 1. The van der Waals surface area contributed by atoms with Gasteiger partial charge in [-0.1, -0.05) is 18.2 Å². The molecule has 1 aromatic heterocycles. The molecule has 2 aromatic rings. The normalized spacial score (nSPS) is 17.9. The Balaban J connectivity index is 1.95. The number of aromatic nitrogens is 1. The van der Waals surface area contributed by atoms with Crippen molar-refractivity contribution in [2.24, 2.45) is 0 Å². The molecule has 0 bridgehead atoms. The predicted octanol–water partition coefficient (Wildman–Crippen LogP) is 1.41. The molecule has 1 fully saturated rings. The number of hydrogen-bond donors (Lipinski definition) is 2. The zero-order valence-electron chi connectivity index (χ0n) is 13.7. The van der Waals surface area contributed by atoms with Gasteiger partial charge in [-0.2, -0.15) is 0 Å². The zero-order valence-corrected chi connectivity index (χ0v) is 13.7. The van der Waals surface area contributed by atoms with Gasteiger partial charge in [0.15, 0.2) is 0 Å². The summed E-state index contributed by atoms with van der Waals surface area (Å²) in [6.07, 6.45) is 1.17. The van der Waals surface area contributed by atoms with Gasteiger partial charge in [0, 0.05) is 26.0 Å². The molecule has 24 heavy (non-hydrogen) atoms. The van der Waals surface area contributed by atoms with E-state index in [1.807, 2.05) is 43.3 Å². The van der Waals surface area contributed by atoms with Crippen LogP contribution in [0, 0.1) is 0 Å². The van der Waals surface area contributed by atoms with Gasteiger partial charge in [0.1, 0.15) is 11.9 Å². The highest BCUT2D eigenvalue weighted by molar-refractivity contribution is 6.08. The smallest absolute Gasteiger partial charge is 0.268 e. The van der Waals surface area contributed by atoms with E-state index in [1.165, 1.54) is 0 Å². The van der Waals surface area contributed by atoms with E-state index >= 15 is 0 Å². The van der Waals surface area contributed by atoms with Crippen molar-refractivity contribution in [3.8, 4) is 0 Å². The molecule has 1 atom stereocenters. The van der Waals surface area contributed by atoms with Gasteiger partial charge in [-0.05, 0) is 25.0 Å². The van der Waals surface area contributed by atoms with E-state index in [0.29, 0.717) is 41.3 Å². The number of benzene rings is 1. The van der Waals surface area contributed by atoms with Crippen LogP contribution in [0.3, 0.4) is 0 Å². The molecule has 2 amide bonds. The first kappa shape index (κ1) is 16.2. The van der Waals surface area contributed by atoms with Gasteiger partial charge in [-0.15, -0.1) is 0 Å². The lowest BCUT2D eigenvalue weighted by Gasteiger charge is -2.28. The van der Waals surface area contributed by atoms with E-state index in [2.05, 4.69) is 10.3 Å². The zero-order chi connectivity index (χ0) is 17.3. The number of pyridine rings is 1. The average molecular weight is 328 g/mol. The highest BCUT2D eigenvalue weighted by Crippen LogP contribution is 2.22. The fourth-order valence-corrected chi connectivity index (χ4v) is 2.81. The average Bonchev–Trinajstić information content (AvgIpc) is 2.57. The van der Waals surface area contributed by atoms with Gasteiger partial charge in [0.2, 0.25) is 0 Å². The number of hydroxylamine groups is 2. The van der Waals surface area contributed by atoms with Crippen molar-refractivity contribution in [3.05, 3.63) is 35.9 Å². The maximum absolute atomic E-state index is 12.7. The lowest BCUT2D eigenvalue weighted by molar-refractivity contribution is -0.172. The van der Waals surface area contributed by atoms with Gasteiger partial charge in [-0.25, -0.2) is 10.0 Å². The Kier molecular flexibility index (Phi) is 4.35. The first-order chi connectivity index (χ1) is 11.5. The molecular formula is C17H20N4O3. The van der Waals surface area contributed by atoms with Crippen LogP contribution in [0.4, 0.5) is 5.82 Å². The number of hydrogen-bond acceptors (Lipinski definition) is 5. The third-order valence-corrected chi connectivity index (χ3v) is 4.13. The Morgan fingerprint density at radius 3 is 2.88 bits per heavy atom. The molecule has 0 spiro atoms. The molecule has 1 aliphatic heterocycles. The first-order valence-electron chi connectivity index (χ1n) is 7.85. The molecule has 0 saturated carbocycles. The summed E-state index contributed by atoms with van der Waals surface area (Å²) in [6.45, 7) is 0.300. The fraction of sp³-hybridized carbons (Fsp3) is 0.353. The van der Waals surface area contributed by atoms with E-state index in [4.69, 9.17) is 0 Å². The summed E-state index contributed by atoms with van der Waals surface area (Å²) in [5.41, 5.74) is 1.18. The highest BCUT2D eigenvalue weighted by Gasteiger charge is 2.29. The van der Waals surface area contributed by atoms with E-state index in [9.17, 15) is 14.8 Å². The number of rotatable bonds is 3. The van der Waals surface area contributed by atoms with Crippen LogP contribution < -0.4 is 10.2 Å². The van der Waals surface area contributed by atoms with E-state index in [-0.39, 0.29) is 5.91 Å². The quantitative estimate of drug-likeness (QED) is 0.832. The van der Waals surface area contributed by atoms with Crippen molar-refractivity contribution < 1.29 is 14.8 Å². The molecule has 1 unspecified atom stereocenters. The number of carbonyl (C=O) groups excluding carboxylic acids is 2. The molecule has 1 saturated heterocycles. The number of nitrogens with zero attached hydrogens (tertiary/aromatic N) is 3. The summed E-state index contributed by atoms with van der Waals surface area (Å²) < 4.78 is 0. The molecule has 1 aliphatic rings. The minimum Gasteiger partial charge on any atom is -0.363 e. The molecule has 1 aromatic carbocycles. The molecule has 2 N–H and O–H groups in total. The second kappa shape index (κ2) is 6.45. The summed E-state index contributed by atoms with van der Waals surface area (Å²) in [6, 6.07) is 8.40. The molecule has 7 heteroatoms. The number of piperidine rings is 1. The monoisotopic (exact) mass is 328 g/mol.